The molecule has 2 aromatic heterocycles. The van der Waals surface area contributed by atoms with Crippen LogP contribution in [0.2, 0.25) is 0 Å². The van der Waals surface area contributed by atoms with Crippen molar-refractivity contribution < 1.29 is 0 Å². The number of nitrogens with one attached hydrogen (secondary N) is 1. The third kappa shape index (κ3) is 2.53. The van der Waals surface area contributed by atoms with Gasteiger partial charge in [-0.15, -0.1) is 10.2 Å². The molecular formula is C18H17N5. The van der Waals surface area contributed by atoms with Crippen LogP contribution in [0.15, 0.2) is 42.5 Å². The summed E-state index contributed by atoms with van der Waals surface area (Å²) in [6.45, 7) is 0.959. The van der Waals surface area contributed by atoms with E-state index in [0.717, 1.165) is 25.2 Å². The molecule has 5 heteroatoms. The van der Waals surface area contributed by atoms with Gasteiger partial charge in [0.2, 0.25) is 0 Å². The fraction of sp³-hybridized carbons (Fsp3) is 0.278. The molecule has 4 rings (SSSR count). The van der Waals surface area contributed by atoms with Gasteiger partial charge in [-0.25, -0.2) is 0 Å². The minimum absolute atomic E-state index is 0.276. The summed E-state index contributed by atoms with van der Waals surface area (Å²) in [5.41, 5.74) is 2.74. The Morgan fingerprint density at radius 2 is 2.04 bits per heavy atom. The van der Waals surface area contributed by atoms with Gasteiger partial charge < -0.3 is 9.88 Å². The maximum absolute atomic E-state index is 8.88. The van der Waals surface area contributed by atoms with Crippen LogP contribution in [0, 0.1) is 11.3 Å². The molecular weight excluding hydrogens is 286 g/mol. The normalized spacial score (nSPS) is 18.0. The smallest absolute Gasteiger partial charge is 0.163 e. The lowest BCUT2D eigenvalue weighted by molar-refractivity contribution is 0.462. The topological polar surface area (TPSA) is 68.6 Å². The zero-order valence-corrected chi connectivity index (χ0v) is 12.7. The average Bonchev–Trinajstić information content (AvgIpc) is 3.06. The Morgan fingerprint density at radius 1 is 1.13 bits per heavy atom. The number of anilines is 1. The van der Waals surface area contributed by atoms with Gasteiger partial charge in [-0.3, -0.25) is 0 Å². The molecule has 0 spiro atoms. The highest BCUT2D eigenvalue weighted by molar-refractivity contribution is 5.80. The molecule has 0 radical (unpaired) electrons. The van der Waals surface area contributed by atoms with Crippen molar-refractivity contribution in [1.82, 2.24) is 15.2 Å². The monoisotopic (exact) mass is 303 g/mol. The fourth-order valence-electron chi connectivity index (χ4n) is 3.34. The number of H-pyrrole nitrogens is 1. The molecule has 3 heterocycles. The number of para-hydroxylation sites is 1. The van der Waals surface area contributed by atoms with Gasteiger partial charge in [-0.05, 0) is 48.9 Å². The SMILES string of the molecule is N#Cc1ccc(N2CCCCC2c2cc3ccccc3[nH]2)nn1. The Hall–Kier alpha value is -2.87. The molecule has 114 valence electrons. The van der Waals surface area contributed by atoms with E-state index in [2.05, 4.69) is 44.3 Å². The van der Waals surface area contributed by atoms with E-state index in [1.54, 1.807) is 6.07 Å². The zero-order chi connectivity index (χ0) is 15.6. The van der Waals surface area contributed by atoms with Crippen molar-refractivity contribution in [1.29, 1.82) is 5.26 Å². The first-order valence-corrected chi connectivity index (χ1v) is 7.93. The largest absolute Gasteiger partial charge is 0.357 e. The van der Waals surface area contributed by atoms with Crippen LogP contribution >= 0.6 is 0 Å². The van der Waals surface area contributed by atoms with Crippen LogP contribution in [-0.4, -0.2) is 21.7 Å². The molecule has 1 aromatic carbocycles. The summed E-state index contributed by atoms with van der Waals surface area (Å²) in [6, 6.07) is 16.5. The van der Waals surface area contributed by atoms with Crippen molar-refractivity contribution in [3.05, 3.63) is 53.9 Å². The number of rotatable bonds is 2. The lowest BCUT2D eigenvalue weighted by atomic mass is 9.99. The number of piperidine rings is 1. The highest BCUT2D eigenvalue weighted by Gasteiger charge is 2.26. The molecule has 1 atom stereocenters. The lowest BCUT2D eigenvalue weighted by Gasteiger charge is -2.35. The van der Waals surface area contributed by atoms with Gasteiger partial charge in [-0.1, -0.05) is 18.2 Å². The molecule has 0 aliphatic carbocycles. The highest BCUT2D eigenvalue weighted by Crippen LogP contribution is 2.34. The maximum Gasteiger partial charge on any atom is 0.163 e. The molecule has 1 unspecified atom stereocenters. The number of aromatic nitrogens is 3. The zero-order valence-electron chi connectivity index (χ0n) is 12.7. The fourth-order valence-corrected chi connectivity index (χ4v) is 3.34. The van der Waals surface area contributed by atoms with Gasteiger partial charge in [0.15, 0.2) is 11.5 Å². The molecule has 0 amide bonds. The summed E-state index contributed by atoms with van der Waals surface area (Å²) >= 11 is 0. The predicted molar refractivity (Wildman–Crippen MR) is 89.0 cm³/mol. The first-order chi connectivity index (χ1) is 11.3. The summed E-state index contributed by atoms with van der Waals surface area (Å²) in [5, 5.41) is 18.3. The molecule has 1 saturated heterocycles. The minimum Gasteiger partial charge on any atom is -0.357 e. The number of fused-ring (bicyclic) bond motifs is 1. The van der Waals surface area contributed by atoms with Crippen molar-refractivity contribution in [2.75, 3.05) is 11.4 Å². The number of aromatic amines is 1. The van der Waals surface area contributed by atoms with Crippen LogP contribution in [0.5, 0.6) is 0 Å². The number of hydrogen-bond acceptors (Lipinski definition) is 4. The molecule has 1 aliphatic heterocycles. The molecule has 0 bridgehead atoms. The molecule has 1 aliphatic rings. The third-order valence-electron chi connectivity index (χ3n) is 4.47. The molecule has 0 saturated carbocycles. The van der Waals surface area contributed by atoms with Crippen molar-refractivity contribution in [3.63, 3.8) is 0 Å². The van der Waals surface area contributed by atoms with Crippen LogP contribution < -0.4 is 4.90 Å². The van der Waals surface area contributed by atoms with E-state index >= 15 is 0 Å². The van der Waals surface area contributed by atoms with Gasteiger partial charge >= 0.3 is 0 Å². The van der Waals surface area contributed by atoms with E-state index in [0.29, 0.717) is 5.69 Å². The molecule has 23 heavy (non-hydrogen) atoms. The van der Waals surface area contributed by atoms with Crippen LogP contribution in [0.4, 0.5) is 5.82 Å². The van der Waals surface area contributed by atoms with Crippen LogP contribution in [-0.2, 0) is 0 Å². The Labute approximate surface area is 134 Å². The molecule has 1 fully saturated rings. The van der Waals surface area contributed by atoms with Gasteiger partial charge in [0.1, 0.15) is 6.07 Å². The van der Waals surface area contributed by atoms with E-state index in [4.69, 9.17) is 5.26 Å². The van der Waals surface area contributed by atoms with Crippen molar-refractivity contribution in [2.24, 2.45) is 0 Å². The summed E-state index contributed by atoms with van der Waals surface area (Å²) in [6.07, 6.45) is 3.45. The number of hydrogen-bond donors (Lipinski definition) is 1. The van der Waals surface area contributed by atoms with E-state index in [-0.39, 0.29) is 6.04 Å². The summed E-state index contributed by atoms with van der Waals surface area (Å²) in [5.74, 6) is 0.840. The second kappa shape index (κ2) is 5.73. The Bertz CT molecular complexity index is 826. The first-order valence-electron chi connectivity index (χ1n) is 7.93. The standard InChI is InChI=1S/C18H17N5/c19-12-14-8-9-18(22-21-14)23-10-4-3-7-17(23)16-11-13-5-1-2-6-15(13)20-16/h1-2,5-6,8-9,11,17,20H,3-4,7,10H2. The van der Waals surface area contributed by atoms with Crippen molar-refractivity contribution in [3.8, 4) is 6.07 Å². The van der Waals surface area contributed by atoms with Gasteiger partial charge in [0.05, 0.1) is 6.04 Å². The predicted octanol–water partition coefficient (Wildman–Crippen LogP) is 3.56. The quantitative estimate of drug-likeness (QED) is 0.786. The van der Waals surface area contributed by atoms with E-state index < -0.39 is 0 Å². The summed E-state index contributed by atoms with van der Waals surface area (Å²) in [4.78, 5) is 5.84. The number of benzene rings is 1. The molecule has 5 nitrogen and oxygen atoms in total. The second-order valence-corrected chi connectivity index (χ2v) is 5.91. The number of nitriles is 1. The molecule has 3 aromatic rings. The lowest BCUT2D eigenvalue weighted by Crippen LogP contribution is -2.34. The second-order valence-electron chi connectivity index (χ2n) is 5.91. The maximum atomic E-state index is 8.88. The van der Waals surface area contributed by atoms with E-state index in [1.165, 1.54) is 23.0 Å². The summed E-state index contributed by atoms with van der Waals surface area (Å²) < 4.78 is 0. The highest BCUT2D eigenvalue weighted by atomic mass is 15.3. The van der Waals surface area contributed by atoms with E-state index in [1.807, 2.05) is 18.2 Å². The van der Waals surface area contributed by atoms with Crippen LogP contribution in [0.25, 0.3) is 10.9 Å². The van der Waals surface area contributed by atoms with Crippen molar-refractivity contribution in [2.45, 2.75) is 25.3 Å². The Balaban J connectivity index is 1.70. The Morgan fingerprint density at radius 3 is 2.83 bits per heavy atom. The minimum atomic E-state index is 0.276. The van der Waals surface area contributed by atoms with Crippen LogP contribution in [0.3, 0.4) is 0 Å². The van der Waals surface area contributed by atoms with Gasteiger partial charge in [0.25, 0.3) is 0 Å². The van der Waals surface area contributed by atoms with Crippen LogP contribution in [0.1, 0.15) is 36.7 Å². The third-order valence-corrected chi connectivity index (χ3v) is 4.47. The average molecular weight is 303 g/mol. The number of nitrogens with zero attached hydrogens (tertiary/aromatic N) is 4. The first kappa shape index (κ1) is 13.8. The Kier molecular flexibility index (Phi) is 3.43. The summed E-state index contributed by atoms with van der Waals surface area (Å²) in [7, 11) is 0. The van der Waals surface area contributed by atoms with Crippen molar-refractivity contribution >= 4 is 16.7 Å². The van der Waals surface area contributed by atoms with E-state index in [9.17, 15) is 0 Å². The van der Waals surface area contributed by atoms with Gasteiger partial charge in [-0.2, -0.15) is 5.26 Å². The molecule has 1 N–H and O–H groups in total. The van der Waals surface area contributed by atoms with Gasteiger partial charge in [0, 0.05) is 17.8 Å².